The maximum atomic E-state index is 13.1. The zero-order valence-electron chi connectivity index (χ0n) is 17.7. The zero-order chi connectivity index (χ0) is 18.9. The molecular weight excluding hydrogens is 322 g/mol. The molecule has 4 aliphatic rings. The fourth-order valence-electron chi connectivity index (χ4n) is 5.16. The lowest BCUT2D eigenvalue weighted by atomic mass is 9.49. The summed E-state index contributed by atoms with van der Waals surface area (Å²) in [6.45, 7) is 19.2. The Morgan fingerprint density at radius 1 is 1.31 bits per heavy atom. The normalized spacial score (nSPS) is 28.3. The first-order valence-corrected chi connectivity index (χ1v) is 10.8. The average Bonchev–Trinajstić information content (AvgIpc) is 2.57. The fraction of sp³-hybridized carbons (Fsp3) is 0.864. The number of hydrogen-bond donors (Lipinski definition) is 2. The number of carbonyl (C=O) groups excluding carboxylic acids is 1. The molecule has 0 unspecified atom stereocenters. The first-order chi connectivity index (χ1) is 12.2. The van der Waals surface area contributed by atoms with Gasteiger partial charge in [-0.2, -0.15) is 0 Å². The van der Waals surface area contributed by atoms with E-state index in [9.17, 15) is 4.79 Å². The van der Waals surface area contributed by atoms with Gasteiger partial charge < -0.3 is 15.1 Å². The van der Waals surface area contributed by atoms with Crippen molar-refractivity contribution in [3.63, 3.8) is 0 Å². The van der Waals surface area contributed by atoms with E-state index in [1.165, 1.54) is 39.0 Å². The van der Waals surface area contributed by atoms with Gasteiger partial charge >= 0.3 is 0 Å². The minimum atomic E-state index is 0.0596. The van der Waals surface area contributed by atoms with Gasteiger partial charge in [0.1, 0.15) is 26.2 Å². The van der Waals surface area contributed by atoms with Crippen LogP contribution < -0.4 is 10.2 Å². The number of fused-ring (bicyclic) bond motifs is 1. The molecule has 1 aliphatic heterocycles. The summed E-state index contributed by atoms with van der Waals surface area (Å²) in [5, 5.41) is 2.41. The van der Waals surface area contributed by atoms with Crippen LogP contribution in [0.2, 0.25) is 0 Å². The minimum absolute atomic E-state index is 0.0596. The molecule has 2 fully saturated rings. The van der Waals surface area contributed by atoms with Crippen LogP contribution in [0.5, 0.6) is 0 Å². The van der Waals surface area contributed by atoms with E-state index >= 15 is 0 Å². The molecule has 3 aliphatic carbocycles. The third-order valence-corrected chi connectivity index (χ3v) is 7.13. The summed E-state index contributed by atoms with van der Waals surface area (Å²) in [4.78, 5) is 16.9. The Balaban J connectivity index is 1.64. The van der Waals surface area contributed by atoms with Crippen LogP contribution in [0.4, 0.5) is 0 Å². The number of allylic oxidation sites excluding steroid dienone is 1. The van der Waals surface area contributed by atoms with E-state index in [2.05, 4.69) is 50.9 Å². The van der Waals surface area contributed by atoms with Gasteiger partial charge in [0.25, 0.3) is 0 Å². The number of carbonyl (C=O) groups is 1. The predicted molar refractivity (Wildman–Crippen MR) is 106 cm³/mol. The molecule has 4 rings (SSSR count). The van der Waals surface area contributed by atoms with Crippen molar-refractivity contribution in [3.8, 4) is 0 Å². The summed E-state index contributed by atoms with van der Waals surface area (Å²) in [6, 6.07) is 0. The Hall–Kier alpha value is -0.870. The molecule has 0 aromatic rings. The highest BCUT2D eigenvalue weighted by Crippen LogP contribution is 2.59. The van der Waals surface area contributed by atoms with Gasteiger partial charge in [0, 0.05) is 13.0 Å². The van der Waals surface area contributed by atoms with E-state index in [1.54, 1.807) is 10.5 Å². The first-order valence-electron chi connectivity index (χ1n) is 10.8. The highest BCUT2D eigenvalue weighted by Gasteiger charge is 2.51. The van der Waals surface area contributed by atoms with Crippen LogP contribution in [0.3, 0.4) is 0 Å². The van der Waals surface area contributed by atoms with Crippen molar-refractivity contribution in [1.82, 2.24) is 4.90 Å². The predicted octanol–water partition coefficient (Wildman–Crippen LogP) is 0.706. The minimum Gasteiger partial charge on any atom is -0.337 e. The number of nitrogens with two attached hydrogens (primary N) is 1. The van der Waals surface area contributed by atoms with Crippen LogP contribution in [0, 0.1) is 22.7 Å². The van der Waals surface area contributed by atoms with Gasteiger partial charge in [-0.25, -0.2) is 0 Å². The average molecular weight is 364 g/mol. The van der Waals surface area contributed by atoms with Gasteiger partial charge in [-0.1, -0.05) is 46.3 Å². The zero-order valence-corrected chi connectivity index (χ0v) is 17.7. The van der Waals surface area contributed by atoms with Crippen molar-refractivity contribution >= 4 is 5.91 Å². The van der Waals surface area contributed by atoms with Gasteiger partial charge in [-0.05, 0) is 35.5 Å². The molecule has 2 atom stereocenters. The quantitative estimate of drug-likeness (QED) is 0.671. The number of rotatable bonds is 6. The summed E-state index contributed by atoms with van der Waals surface area (Å²) in [5.74, 6) is 1.91. The Morgan fingerprint density at radius 2 is 2.00 bits per heavy atom. The van der Waals surface area contributed by atoms with Gasteiger partial charge in [-0.3, -0.25) is 4.79 Å². The van der Waals surface area contributed by atoms with E-state index in [4.69, 9.17) is 0 Å². The van der Waals surface area contributed by atoms with Crippen LogP contribution in [-0.4, -0.2) is 56.6 Å². The molecule has 2 bridgehead atoms. The highest BCUT2D eigenvalue weighted by atomic mass is 16.2. The Labute approximate surface area is 160 Å². The molecule has 4 nitrogen and oxygen atoms in total. The smallest absolute Gasteiger partial charge is 0.223 e. The number of nitrogens with one attached hydrogen (secondary N) is 1. The van der Waals surface area contributed by atoms with E-state index in [1.807, 2.05) is 0 Å². The van der Waals surface area contributed by atoms with Gasteiger partial charge in [0.2, 0.25) is 5.91 Å². The van der Waals surface area contributed by atoms with Crippen LogP contribution in [0.15, 0.2) is 11.6 Å². The van der Waals surface area contributed by atoms with Crippen LogP contribution in [-0.2, 0) is 4.79 Å². The second-order valence-corrected chi connectivity index (χ2v) is 10.7. The summed E-state index contributed by atoms with van der Waals surface area (Å²) in [6.07, 6.45) is 5.67. The van der Waals surface area contributed by atoms with E-state index in [-0.39, 0.29) is 5.41 Å². The van der Waals surface area contributed by atoms with Crippen molar-refractivity contribution < 1.29 is 15.0 Å². The molecule has 3 N–H and O–H groups in total. The molecule has 1 heterocycles. The van der Waals surface area contributed by atoms with Crippen molar-refractivity contribution in [1.29, 1.82) is 0 Å². The van der Waals surface area contributed by atoms with Crippen LogP contribution >= 0.6 is 0 Å². The summed E-state index contributed by atoms with van der Waals surface area (Å²) in [5.41, 5.74) is 2.04. The second kappa shape index (κ2) is 7.63. The molecule has 4 heteroatoms. The molecule has 1 amide bonds. The molecule has 0 aromatic heterocycles. The largest absolute Gasteiger partial charge is 0.337 e. The molecule has 148 valence electrons. The van der Waals surface area contributed by atoms with Crippen molar-refractivity contribution in [2.24, 2.45) is 22.7 Å². The molecular formula is C22H41N3O+2. The Morgan fingerprint density at radius 3 is 2.58 bits per heavy atom. The lowest BCUT2D eigenvalue weighted by Crippen LogP contribution is -3.20. The lowest BCUT2D eigenvalue weighted by Gasteiger charge is -2.57. The van der Waals surface area contributed by atoms with Crippen LogP contribution in [0.1, 0.15) is 53.9 Å². The summed E-state index contributed by atoms with van der Waals surface area (Å²) in [7, 11) is 0. The number of amides is 1. The van der Waals surface area contributed by atoms with Crippen molar-refractivity contribution in [2.45, 2.75) is 53.9 Å². The number of piperazine rings is 1. The van der Waals surface area contributed by atoms with Gasteiger partial charge in [0.05, 0.1) is 13.1 Å². The van der Waals surface area contributed by atoms with E-state index in [0.29, 0.717) is 23.7 Å². The Kier molecular flexibility index (Phi) is 5.83. The molecule has 1 saturated heterocycles. The summed E-state index contributed by atoms with van der Waals surface area (Å²) >= 11 is 0. The van der Waals surface area contributed by atoms with E-state index in [0.717, 1.165) is 25.6 Å². The third-order valence-electron chi connectivity index (χ3n) is 7.13. The molecule has 0 spiro atoms. The molecule has 0 aromatic carbocycles. The molecule has 1 saturated carbocycles. The first kappa shape index (κ1) is 19.9. The maximum absolute atomic E-state index is 13.1. The highest BCUT2D eigenvalue weighted by molar-refractivity contribution is 5.77. The molecule has 0 radical (unpaired) electrons. The molecule has 26 heavy (non-hydrogen) atoms. The SMILES string of the molecule is CC(C)(C)CC(=O)N(CC[NH+]1CC[NH2+]CC1)CC1=CC[C@@H]2C[C@H]1C2(C)C. The number of quaternary nitrogens is 2. The third kappa shape index (κ3) is 4.51. The topological polar surface area (TPSA) is 41.4 Å². The van der Waals surface area contributed by atoms with Crippen LogP contribution in [0.25, 0.3) is 0 Å². The number of hydrogen-bond acceptors (Lipinski definition) is 1. The van der Waals surface area contributed by atoms with Crippen molar-refractivity contribution in [2.75, 3.05) is 45.8 Å². The Bertz CT molecular complexity index is 540. The van der Waals surface area contributed by atoms with E-state index < -0.39 is 0 Å². The van der Waals surface area contributed by atoms with Crippen molar-refractivity contribution in [3.05, 3.63) is 11.6 Å². The fourth-order valence-corrected chi connectivity index (χ4v) is 5.16. The number of nitrogens with zero attached hydrogens (tertiary/aromatic N) is 1. The standard InChI is InChI=1S/C22H39N3O/c1-21(2,3)15-20(26)25(13-12-24-10-8-23-9-11-24)16-17-6-7-18-14-19(17)22(18,4)5/h6,18-19,23H,7-16H2,1-5H3/p+2/t18-,19-/m1/s1. The van der Waals surface area contributed by atoms with Gasteiger partial charge in [0.15, 0.2) is 0 Å². The second-order valence-electron chi connectivity index (χ2n) is 10.7. The monoisotopic (exact) mass is 363 g/mol. The lowest BCUT2D eigenvalue weighted by molar-refractivity contribution is -0.946. The maximum Gasteiger partial charge on any atom is 0.223 e. The summed E-state index contributed by atoms with van der Waals surface area (Å²) < 4.78 is 0. The van der Waals surface area contributed by atoms with Gasteiger partial charge in [-0.15, -0.1) is 0 Å².